The second kappa shape index (κ2) is 6.23. The maximum Gasteiger partial charge on any atom is 0.380 e. The zero-order valence-electron chi connectivity index (χ0n) is 13.4. The van der Waals surface area contributed by atoms with Gasteiger partial charge in [-0.25, -0.2) is 9.18 Å². The van der Waals surface area contributed by atoms with Gasteiger partial charge in [0.15, 0.2) is 22.9 Å². The summed E-state index contributed by atoms with van der Waals surface area (Å²) < 4.78 is 35.0. The van der Waals surface area contributed by atoms with Crippen molar-refractivity contribution in [3.8, 4) is 17.2 Å². The number of hydrogen-bond acceptors (Lipinski definition) is 5. The Balaban J connectivity index is 2.03. The van der Waals surface area contributed by atoms with Gasteiger partial charge >= 0.3 is 5.97 Å². The Labute approximate surface area is 137 Å². The highest BCUT2D eigenvalue weighted by molar-refractivity contribution is 5.97. The fourth-order valence-corrected chi connectivity index (χ4v) is 2.46. The van der Waals surface area contributed by atoms with E-state index in [9.17, 15) is 9.18 Å². The van der Waals surface area contributed by atoms with Crippen LogP contribution in [-0.4, -0.2) is 20.2 Å². The molecule has 0 saturated heterocycles. The number of methoxy groups -OCH3 is 2. The Morgan fingerprint density at radius 3 is 2.25 bits per heavy atom. The molecular weight excluding hydrogens is 315 g/mol. The van der Waals surface area contributed by atoms with Crippen LogP contribution in [0.15, 0.2) is 40.8 Å². The molecule has 0 bridgehead atoms. The molecule has 0 aliphatic heterocycles. The molecule has 0 unspecified atom stereocenters. The lowest BCUT2D eigenvalue weighted by atomic mass is 10.1. The van der Waals surface area contributed by atoms with E-state index in [-0.39, 0.29) is 17.1 Å². The molecular formula is C18H15FO5. The Kier molecular flexibility index (Phi) is 4.12. The Bertz CT molecular complexity index is 891. The van der Waals surface area contributed by atoms with E-state index in [1.165, 1.54) is 20.3 Å². The summed E-state index contributed by atoms with van der Waals surface area (Å²) in [5, 5.41) is 0.522. The van der Waals surface area contributed by atoms with Crippen molar-refractivity contribution in [3.05, 3.63) is 53.5 Å². The van der Waals surface area contributed by atoms with Crippen molar-refractivity contribution in [2.24, 2.45) is 0 Å². The number of benzene rings is 2. The van der Waals surface area contributed by atoms with Crippen LogP contribution in [0.1, 0.15) is 16.1 Å². The topological polar surface area (TPSA) is 57.9 Å². The molecule has 24 heavy (non-hydrogen) atoms. The van der Waals surface area contributed by atoms with E-state index >= 15 is 0 Å². The number of ether oxygens (including phenoxy) is 3. The maximum atomic E-state index is 13.8. The van der Waals surface area contributed by atoms with Crippen molar-refractivity contribution in [1.82, 2.24) is 0 Å². The van der Waals surface area contributed by atoms with E-state index in [1.807, 2.05) is 0 Å². The summed E-state index contributed by atoms with van der Waals surface area (Å²) in [7, 11) is 2.90. The van der Waals surface area contributed by atoms with Gasteiger partial charge in [-0.15, -0.1) is 0 Å². The van der Waals surface area contributed by atoms with Crippen LogP contribution in [-0.2, 0) is 0 Å². The first-order chi connectivity index (χ1) is 11.6. The quantitative estimate of drug-likeness (QED) is 0.532. The van der Waals surface area contributed by atoms with Gasteiger partial charge in [-0.2, -0.15) is 0 Å². The number of para-hydroxylation sites is 2. The van der Waals surface area contributed by atoms with Gasteiger partial charge in [0.2, 0.25) is 11.5 Å². The van der Waals surface area contributed by atoms with Gasteiger partial charge in [-0.3, -0.25) is 0 Å². The molecule has 124 valence electrons. The lowest BCUT2D eigenvalue weighted by molar-refractivity contribution is 0.0692. The van der Waals surface area contributed by atoms with E-state index in [1.54, 1.807) is 37.3 Å². The smallest absolute Gasteiger partial charge is 0.380 e. The van der Waals surface area contributed by atoms with E-state index in [4.69, 9.17) is 18.6 Å². The van der Waals surface area contributed by atoms with Gasteiger partial charge < -0.3 is 18.6 Å². The fraction of sp³-hybridized carbons (Fsp3) is 0.167. The second-order valence-electron chi connectivity index (χ2n) is 5.05. The number of fused-ring (bicyclic) bond motifs is 1. The third-order valence-corrected chi connectivity index (χ3v) is 3.68. The first kappa shape index (κ1) is 15.9. The summed E-state index contributed by atoms with van der Waals surface area (Å²) in [4.78, 5) is 12.5. The van der Waals surface area contributed by atoms with Crippen molar-refractivity contribution in [2.45, 2.75) is 6.92 Å². The van der Waals surface area contributed by atoms with Crippen LogP contribution in [0, 0.1) is 12.7 Å². The molecule has 1 heterocycles. The highest BCUT2D eigenvalue weighted by Gasteiger charge is 2.24. The summed E-state index contributed by atoms with van der Waals surface area (Å²) >= 11 is 0. The van der Waals surface area contributed by atoms with Gasteiger partial charge in [0.25, 0.3) is 0 Å². The number of rotatable bonds is 4. The molecule has 0 fully saturated rings. The number of furan rings is 1. The van der Waals surface area contributed by atoms with Crippen LogP contribution < -0.4 is 14.2 Å². The zero-order chi connectivity index (χ0) is 17.3. The van der Waals surface area contributed by atoms with Crippen LogP contribution in [0.5, 0.6) is 17.2 Å². The molecule has 3 rings (SSSR count). The summed E-state index contributed by atoms with van der Waals surface area (Å²) in [5.74, 6) is -0.559. The second-order valence-corrected chi connectivity index (χ2v) is 5.05. The van der Waals surface area contributed by atoms with Crippen molar-refractivity contribution in [2.75, 3.05) is 14.2 Å². The third kappa shape index (κ3) is 2.56. The Morgan fingerprint density at radius 1 is 1.04 bits per heavy atom. The van der Waals surface area contributed by atoms with Crippen LogP contribution >= 0.6 is 0 Å². The summed E-state index contributed by atoms with van der Waals surface area (Å²) in [6.07, 6.45) is 0. The molecule has 1 aromatic heterocycles. The standard InChI is InChI=1S/C18H15FO5/c1-10-11-6-4-7-12(19)16(11)23-15(10)18(20)24-17-13(21-2)8-5-9-14(17)22-3/h4-9H,1-3H3. The number of carbonyl (C=O) groups is 1. The SMILES string of the molecule is COc1cccc(OC)c1OC(=O)c1oc2c(F)cccc2c1C. The molecule has 3 aromatic rings. The van der Waals surface area contributed by atoms with Gasteiger partial charge in [-0.1, -0.05) is 18.2 Å². The molecule has 5 nitrogen and oxygen atoms in total. The predicted molar refractivity (Wildman–Crippen MR) is 85.4 cm³/mol. The molecule has 0 aliphatic rings. The zero-order valence-corrected chi connectivity index (χ0v) is 13.4. The van der Waals surface area contributed by atoms with Crippen molar-refractivity contribution < 1.29 is 27.8 Å². The third-order valence-electron chi connectivity index (χ3n) is 3.68. The van der Waals surface area contributed by atoms with E-state index in [2.05, 4.69) is 0 Å². The first-order valence-corrected chi connectivity index (χ1v) is 7.17. The molecule has 0 atom stereocenters. The fourth-order valence-electron chi connectivity index (χ4n) is 2.46. The number of aryl methyl sites for hydroxylation is 1. The first-order valence-electron chi connectivity index (χ1n) is 7.17. The highest BCUT2D eigenvalue weighted by Crippen LogP contribution is 2.38. The average Bonchev–Trinajstić information content (AvgIpc) is 2.93. The number of hydrogen-bond donors (Lipinski definition) is 0. The van der Waals surface area contributed by atoms with Gasteiger partial charge in [0, 0.05) is 10.9 Å². The molecule has 0 radical (unpaired) electrons. The highest BCUT2D eigenvalue weighted by atomic mass is 19.1. The van der Waals surface area contributed by atoms with Crippen molar-refractivity contribution in [3.63, 3.8) is 0 Å². The van der Waals surface area contributed by atoms with E-state index in [0.717, 1.165) is 0 Å². The minimum absolute atomic E-state index is 0.0222. The Hall–Kier alpha value is -3.02. The monoisotopic (exact) mass is 330 g/mol. The van der Waals surface area contributed by atoms with Crippen molar-refractivity contribution in [1.29, 1.82) is 0 Å². The molecule has 0 saturated carbocycles. The molecule has 2 aromatic carbocycles. The van der Waals surface area contributed by atoms with E-state index in [0.29, 0.717) is 22.4 Å². The van der Waals surface area contributed by atoms with Crippen molar-refractivity contribution >= 4 is 16.9 Å². The van der Waals surface area contributed by atoms with Crippen LogP contribution in [0.25, 0.3) is 11.0 Å². The summed E-state index contributed by atoms with van der Waals surface area (Å²) in [6, 6.07) is 9.48. The van der Waals surface area contributed by atoms with Crippen LogP contribution in [0.3, 0.4) is 0 Å². The molecule has 0 amide bonds. The van der Waals surface area contributed by atoms with E-state index < -0.39 is 11.8 Å². The molecule has 0 aliphatic carbocycles. The van der Waals surface area contributed by atoms with Crippen LogP contribution in [0.4, 0.5) is 4.39 Å². The predicted octanol–water partition coefficient (Wildman–Crippen LogP) is 4.12. The minimum atomic E-state index is -0.758. The maximum absolute atomic E-state index is 13.8. The lowest BCUT2D eigenvalue weighted by Crippen LogP contribution is -2.10. The molecule has 0 N–H and O–H groups in total. The normalized spacial score (nSPS) is 10.7. The molecule has 6 heteroatoms. The summed E-state index contributed by atoms with van der Waals surface area (Å²) in [5.41, 5.74) is 0.525. The largest absolute Gasteiger partial charge is 0.493 e. The van der Waals surface area contributed by atoms with Gasteiger partial charge in [-0.05, 0) is 25.1 Å². The Morgan fingerprint density at radius 2 is 1.67 bits per heavy atom. The minimum Gasteiger partial charge on any atom is -0.493 e. The number of esters is 1. The lowest BCUT2D eigenvalue weighted by Gasteiger charge is -2.12. The summed E-state index contributed by atoms with van der Waals surface area (Å²) in [6.45, 7) is 1.67. The number of halogens is 1. The van der Waals surface area contributed by atoms with Gasteiger partial charge in [0.1, 0.15) is 0 Å². The average molecular weight is 330 g/mol. The van der Waals surface area contributed by atoms with Crippen LogP contribution in [0.2, 0.25) is 0 Å². The van der Waals surface area contributed by atoms with Gasteiger partial charge in [0.05, 0.1) is 14.2 Å². The molecule has 0 spiro atoms. The number of carbonyl (C=O) groups excluding carboxylic acids is 1.